The first-order chi connectivity index (χ1) is 13.7. The van der Waals surface area contributed by atoms with E-state index in [2.05, 4.69) is 24.1 Å². The van der Waals surface area contributed by atoms with E-state index in [0.29, 0.717) is 32.7 Å². The number of nitrogens with zero attached hydrogens (tertiary/aromatic N) is 3. The first-order valence-electron chi connectivity index (χ1n) is 9.99. The van der Waals surface area contributed by atoms with Crippen molar-refractivity contribution in [1.82, 2.24) is 9.80 Å². The number of benzene rings is 1. The minimum Gasteiger partial charge on any atom is -0.372 e. The number of carbonyl (C=O) groups excluding carboxylic acids is 1. The van der Waals surface area contributed by atoms with Gasteiger partial charge in [0.1, 0.15) is 0 Å². The number of para-hydroxylation sites is 2. The van der Waals surface area contributed by atoms with Gasteiger partial charge in [0.05, 0.1) is 29.3 Å². The molecule has 0 unspecified atom stereocenters. The fourth-order valence-electron chi connectivity index (χ4n) is 3.85. The summed E-state index contributed by atoms with van der Waals surface area (Å²) in [5.74, 6) is -0.0665. The minimum atomic E-state index is -3.47. The zero-order chi connectivity index (χ0) is 21.0. The Kier molecular flexibility index (Phi) is 6.99. The van der Waals surface area contributed by atoms with Crippen LogP contribution in [0.4, 0.5) is 16.2 Å². The average Bonchev–Trinajstić information content (AvgIpc) is 2.66. The van der Waals surface area contributed by atoms with Crippen LogP contribution in [0, 0.1) is 0 Å². The van der Waals surface area contributed by atoms with Crippen LogP contribution in [-0.2, 0) is 14.8 Å². The van der Waals surface area contributed by atoms with E-state index in [1.807, 2.05) is 29.2 Å². The molecule has 2 heterocycles. The van der Waals surface area contributed by atoms with E-state index in [1.54, 1.807) is 4.90 Å². The van der Waals surface area contributed by atoms with E-state index in [0.717, 1.165) is 24.5 Å². The number of amides is 2. The third-order valence-corrected chi connectivity index (χ3v) is 6.01. The minimum absolute atomic E-state index is 0.0665. The molecule has 0 aliphatic carbocycles. The van der Waals surface area contributed by atoms with E-state index in [9.17, 15) is 13.2 Å². The number of piperazine rings is 1. The Balaban J connectivity index is 1.58. The highest BCUT2D eigenvalue weighted by Gasteiger charge is 2.26. The highest BCUT2D eigenvalue weighted by atomic mass is 32.2. The molecule has 0 bridgehead atoms. The van der Waals surface area contributed by atoms with Crippen LogP contribution in [0.3, 0.4) is 0 Å². The number of nitrogens with one attached hydrogen (secondary N) is 1. The summed E-state index contributed by atoms with van der Waals surface area (Å²) in [7, 11) is -3.47. The topological polar surface area (TPSA) is 108 Å². The van der Waals surface area contributed by atoms with Crippen molar-refractivity contribution in [2.24, 2.45) is 5.14 Å². The van der Waals surface area contributed by atoms with Gasteiger partial charge in [0.2, 0.25) is 10.0 Å². The molecule has 2 atom stereocenters. The van der Waals surface area contributed by atoms with Gasteiger partial charge in [-0.15, -0.1) is 0 Å². The second-order valence-corrected chi connectivity index (χ2v) is 9.54. The molecule has 9 nitrogen and oxygen atoms in total. The molecule has 3 rings (SSSR count). The number of primary sulfonamides is 1. The van der Waals surface area contributed by atoms with Crippen LogP contribution in [0.15, 0.2) is 24.3 Å². The average molecular weight is 426 g/mol. The van der Waals surface area contributed by atoms with E-state index in [1.165, 1.54) is 0 Å². The lowest BCUT2D eigenvalue weighted by Crippen LogP contribution is -2.51. The highest BCUT2D eigenvalue weighted by Crippen LogP contribution is 2.28. The molecule has 0 spiro atoms. The lowest BCUT2D eigenvalue weighted by Gasteiger charge is -2.38. The zero-order valence-corrected chi connectivity index (χ0v) is 17.9. The summed E-state index contributed by atoms with van der Waals surface area (Å²) in [5, 5.41) is 8.11. The number of rotatable bonds is 5. The largest absolute Gasteiger partial charge is 0.372 e. The van der Waals surface area contributed by atoms with Gasteiger partial charge in [-0.25, -0.2) is 18.4 Å². The number of urea groups is 1. The maximum absolute atomic E-state index is 12.8. The van der Waals surface area contributed by atoms with Crippen molar-refractivity contribution in [3.8, 4) is 0 Å². The highest BCUT2D eigenvalue weighted by molar-refractivity contribution is 7.89. The summed E-state index contributed by atoms with van der Waals surface area (Å²) >= 11 is 0. The standard InChI is InChI=1S/C19H31N5O4S/c1-15-13-24(14-16(2)28-15)18-6-4-3-5-17(18)21-19(25)23-9-7-22(8-10-23)11-12-29(20,26)27/h3-6,15-16H,7-14H2,1-2H3,(H,21,25)(H2,20,26,27)/t15-,16-/m0/s1. The quantitative estimate of drug-likeness (QED) is 0.720. The van der Waals surface area contributed by atoms with Gasteiger partial charge >= 0.3 is 6.03 Å². The van der Waals surface area contributed by atoms with Gasteiger partial charge in [-0.1, -0.05) is 12.1 Å². The van der Waals surface area contributed by atoms with Crippen molar-refractivity contribution in [1.29, 1.82) is 0 Å². The van der Waals surface area contributed by atoms with Crippen LogP contribution < -0.4 is 15.4 Å². The number of hydrogen-bond donors (Lipinski definition) is 2. The van der Waals surface area contributed by atoms with Crippen molar-refractivity contribution >= 4 is 27.4 Å². The van der Waals surface area contributed by atoms with Crippen LogP contribution in [0.1, 0.15) is 13.8 Å². The fraction of sp³-hybridized carbons (Fsp3) is 0.632. The Hall–Kier alpha value is -1.88. The van der Waals surface area contributed by atoms with Gasteiger partial charge < -0.3 is 19.9 Å². The van der Waals surface area contributed by atoms with Crippen LogP contribution in [0.5, 0.6) is 0 Å². The Bertz CT molecular complexity index is 801. The summed E-state index contributed by atoms with van der Waals surface area (Å²) in [4.78, 5) is 18.8. The van der Waals surface area contributed by atoms with Crippen molar-refractivity contribution in [3.05, 3.63) is 24.3 Å². The summed E-state index contributed by atoms with van der Waals surface area (Å²) in [6.45, 7) is 8.41. The first-order valence-corrected chi connectivity index (χ1v) is 11.7. The summed E-state index contributed by atoms with van der Waals surface area (Å²) in [6.07, 6.45) is 0.265. The van der Waals surface area contributed by atoms with Crippen LogP contribution >= 0.6 is 0 Å². The molecule has 2 amide bonds. The monoisotopic (exact) mass is 425 g/mol. The molecular formula is C19H31N5O4S. The molecule has 1 aromatic carbocycles. The normalized spacial score (nSPS) is 23.8. The molecule has 162 valence electrons. The SMILES string of the molecule is C[C@H]1CN(c2ccccc2NC(=O)N2CCN(CCS(N)(=O)=O)CC2)C[C@H](C)O1. The number of carbonyl (C=O) groups is 1. The third-order valence-electron chi connectivity index (χ3n) is 5.26. The van der Waals surface area contributed by atoms with Crippen LogP contribution in [0.25, 0.3) is 0 Å². The molecule has 2 fully saturated rings. The number of nitrogens with two attached hydrogens (primary N) is 1. The van der Waals surface area contributed by atoms with Crippen molar-refractivity contribution < 1.29 is 17.9 Å². The number of anilines is 2. The van der Waals surface area contributed by atoms with E-state index in [4.69, 9.17) is 9.88 Å². The van der Waals surface area contributed by atoms with E-state index in [-0.39, 0.29) is 24.0 Å². The van der Waals surface area contributed by atoms with Crippen LogP contribution in [0.2, 0.25) is 0 Å². The number of ether oxygens (including phenoxy) is 1. The lowest BCUT2D eigenvalue weighted by atomic mass is 10.1. The second kappa shape index (κ2) is 9.29. The maximum atomic E-state index is 12.8. The predicted octanol–water partition coefficient (Wildman–Crippen LogP) is 0.738. The van der Waals surface area contributed by atoms with Crippen molar-refractivity contribution in [3.63, 3.8) is 0 Å². The smallest absolute Gasteiger partial charge is 0.321 e. The van der Waals surface area contributed by atoms with E-state index >= 15 is 0 Å². The molecule has 1 aromatic rings. The van der Waals surface area contributed by atoms with Gasteiger partial charge in [0, 0.05) is 45.8 Å². The molecule has 10 heteroatoms. The van der Waals surface area contributed by atoms with Gasteiger partial charge in [-0.05, 0) is 26.0 Å². The third kappa shape index (κ3) is 6.30. The second-order valence-electron chi connectivity index (χ2n) is 7.81. The molecule has 0 aromatic heterocycles. The van der Waals surface area contributed by atoms with Crippen LogP contribution in [-0.4, -0.2) is 88.0 Å². The Labute approximate surface area is 172 Å². The molecule has 0 radical (unpaired) electrons. The lowest BCUT2D eigenvalue weighted by molar-refractivity contribution is -0.00517. The molecule has 29 heavy (non-hydrogen) atoms. The molecule has 2 saturated heterocycles. The molecule has 0 saturated carbocycles. The number of sulfonamides is 1. The Morgan fingerprint density at radius 1 is 1.14 bits per heavy atom. The van der Waals surface area contributed by atoms with Crippen molar-refractivity contribution in [2.45, 2.75) is 26.1 Å². The fourth-order valence-corrected chi connectivity index (χ4v) is 4.37. The van der Waals surface area contributed by atoms with E-state index < -0.39 is 10.0 Å². The zero-order valence-electron chi connectivity index (χ0n) is 17.1. The summed E-state index contributed by atoms with van der Waals surface area (Å²) in [5.41, 5.74) is 1.78. The molecule has 2 aliphatic heterocycles. The predicted molar refractivity (Wildman–Crippen MR) is 114 cm³/mol. The number of morpholine rings is 1. The maximum Gasteiger partial charge on any atom is 0.321 e. The molecular weight excluding hydrogens is 394 g/mol. The first kappa shape index (κ1) is 21.8. The number of hydrogen-bond acceptors (Lipinski definition) is 6. The van der Waals surface area contributed by atoms with Gasteiger partial charge in [-0.2, -0.15) is 0 Å². The van der Waals surface area contributed by atoms with Crippen molar-refractivity contribution in [2.75, 3.05) is 61.8 Å². The van der Waals surface area contributed by atoms with Gasteiger partial charge in [0.15, 0.2) is 0 Å². The molecule has 2 aliphatic rings. The summed E-state index contributed by atoms with van der Waals surface area (Å²) in [6, 6.07) is 7.68. The van der Waals surface area contributed by atoms with Gasteiger partial charge in [0.25, 0.3) is 0 Å². The molecule has 3 N–H and O–H groups in total. The summed E-state index contributed by atoms with van der Waals surface area (Å²) < 4.78 is 28.1. The Morgan fingerprint density at radius 2 is 1.76 bits per heavy atom. The Morgan fingerprint density at radius 3 is 2.38 bits per heavy atom. The van der Waals surface area contributed by atoms with Gasteiger partial charge in [-0.3, -0.25) is 4.90 Å².